The fourth-order valence-electron chi connectivity index (χ4n) is 1.99. The highest BCUT2D eigenvalue weighted by atomic mass is 19.1. The first-order valence-corrected chi connectivity index (χ1v) is 6.22. The summed E-state index contributed by atoms with van der Waals surface area (Å²) in [6, 6.07) is 8.75. The van der Waals surface area contributed by atoms with E-state index in [1.807, 2.05) is 29.1 Å². The van der Waals surface area contributed by atoms with Crippen LogP contribution in [0.3, 0.4) is 0 Å². The molecule has 1 unspecified atom stereocenters. The summed E-state index contributed by atoms with van der Waals surface area (Å²) in [5.41, 5.74) is 8.18. The lowest BCUT2D eigenvalue weighted by molar-refractivity contribution is 0.513. The molecule has 0 saturated carbocycles. The number of hydrogen-bond donors (Lipinski definition) is 1. The van der Waals surface area contributed by atoms with Crippen LogP contribution in [-0.4, -0.2) is 4.57 Å². The molecule has 0 radical (unpaired) electrons. The molecule has 0 aliphatic heterocycles. The zero-order valence-corrected chi connectivity index (χ0v) is 10.8. The van der Waals surface area contributed by atoms with Gasteiger partial charge in [0.25, 0.3) is 0 Å². The summed E-state index contributed by atoms with van der Waals surface area (Å²) in [7, 11) is 0. The van der Waals surface area contributed by atoms with Gasteiger partial charge < -0.3 is 10.3 Å². The molecule has 0 bridgehead atoms. The summed E-state index contributed by atoms with van der Waals surface area (Å²) < 4.78 is 15.1. The molecule has 0 aliphatic rings. The van der Waals surface area contributed by atoms with Crippen LogP contribution >= 0.6 is 0 Å². The van der Waals surface area contributed by atoms with E-state index in [2.05, 4.69) is 13.8 Å². The van der Waals surface area contributed by atoms with Crippen LogP contribution in [0, 0.1) is 11.7 Å². The van der Waals surface area contributed by atoms with Crippen molar-refractivity contribution in [1.82, 2.24) is 4.57 Å². The van der Waals surface area contributed by atoms with E-state index in [-0.39, 0.29) is 11.9 Å². The summed E-state index contributed by atoms with van der Waals surface area (Å²) in [5, 5.41) is 0. The lowest BCUT2D eigenvalue weighted by atomic mass is 10.00. The summed E-state index contributed by atoms with van der Waals surface area (Å²) in [6.45, 7) is 4.88. The third kappa shape index (κ3) is 2.99. The van der Waals surface area contributed by atoms with Crippen molar-refractivity contribution in [3.05, 3.63) is 59.7 Å². The van der Waals surface area contributed by atoms with Gasteiger partial charge in [-0.2, -0.15) is 0 Å². The molecule has 1 aromatic heterocycles. The summed E-state index contributed by atoms with van der Waals surface area (Å²) in [4.78, 5) is 0. The standard InChI is InChI=1S/C15H19FN2/c1-11(2)15(17)13-6-7-18(10-13)9-12-4-3-5-14(16)8-12/h3-8,10-11,15H,9,17H2,1-2H3. The molecule has 0 amide bonds. The van der Waals surface area contributed by atoms with Crippen molar-refractivity contribution >= 4 is 0 Å². The average molecular weight is 246 g/mol. The monoisotopic (exact) mass is 246 g/mol. The van der Waals surface area contributed by atoms with E-state index in [9.17, 15) is 4.39 Å². The first-order chi connectivity index (χ1) is 8.56. The van der Waals surface area contributed by atoms with Crippen LogP contribution in [0.15, 0.2) is 42.7 Å². The molecule has 1 heterocycles. The van der Waals surface area contributed by atoms with Gasteiger partial charge in [-0.1, -0.05) is 26.0 Å². The second-order valence-electron chi connectivity index (χ2n) is 5.02. The SMILES string of the molecule is CC(C)C(N)c1ccn(Cc2cccc(F)c2)c1. The Labute approximate surface area is 107 Å². The van der Waals surface area contributed by atoms with Gasteiger partial charge in [0.2, 0.25) is 0 Å². The normalized spacial score (nSPS) is 12.9. The maximum atomic E-state index is 13.1. The predicted molar refractivity (Wildman–Crippen MR) is 71.7 cm³/mol. The topological polar surface area (TPSA) is 30.9 Å². The van der Waals surface area contributed by atoms with E-state index in [0.29, 0.717) is 12.5 Å². The van der Waals surface area contributed by atoms with Crippen LogP contribution < -0.4 is 5.73 Å². The maximum absolute atomic E-state index is 13.1. The van der Waals surface area contributed by atoms with Crippen LogP contribution in [0.5, 0.6) is 0 Å². The van der Waals surface area contributed by atoms with Gasteiger partial charge in [-0.25, -0.2) is 4.39 Å². The van der Waals surface area contributed by atoms with Crippen molar-refractivity contribution < 1.29 is 4.39 Å². The number of halogens is 1. The van der Waals surface area contributed by atoms with Crippen molar-refractivity contribution in [2.75, 3.05) is 0 Å². The Hall–Kier alpha value is -1.61. The molecule has 96 valence electrons. The Morgan fingerprint density at radius 1 is 1.28 bits per heavy atom. The Morgan fingerprint density at radius 3 is 2.72 bits per heavy atom. The van der Waals surface area contributed by atoms with Crippen molar-refractivity contribution in [3.8, 4) is 0 Å². The van der Waals surface area contributed by atoms with Gasteiger partial charge >= 0.3 is 0 Å². The van der Waals surface area contributed by atoms with E-state index in [0.717, 1.165) is 11.1 Å². The van der Waals surface area contributed by atoms with Crippen molar-refractivity contribution in [1.29, 1.82) is 0 Å². The van der Waals surface area contributed by atoms with Gasteiger partial charge in [-0.3, -0.25) is 0 Å². The van der Waals surface area contributed by atoms with Crippen LogP contribution in [0.4, 0.5) is 4.39 Å². The second-order valence-corrected chi connectivity index (χ2v) is 5.02. The minimum absolute atomic E-state index is 0.0544. The number of hydrogen-bond acceptors (Lipinski definition) is 1. The van der Waals surface area contributed by atoms with Crippen molar-refractivity contribution in [2.24, 2.45) is 11.7 Å². The fraction of sp³-hybridized carbons (Fsp3) is 0.333. The molecule has 1 atom stereocenters. The van der Waals surface area contributed by atoms with Gasteiger partial charge in [0, 0.05) is 25.0 Å². The predicted octanol–water partition coefficient (Wildman–Crippen LogP) is 3.33. The van der Waals surface area contributed by atoms with E-state index in [4.69, 9.17) is 5.73 Å². The summed E-state index contributed by atoms with van der Waals surface area (Å²) in [5.74, 6) is 0.216. The second kappa shape index (κ2) is 5.36. The van der Waals surface area contributed by atoms with Gasteiger partial charge in [0.1, 0.15) is 5.82 Å². The highest BCUT2D eigenvalue weighted by Gasteiger charge is 2.11. The molecule has 2 aromatic rings. The quantitative estimate of drug-likeness (QED) is 0.881. The number of aromatic nitrogens is 1. The van der Waals surface area contributed by atoms with E-state index in [1.54, 1.807) is 12.1 Å². The lowest BCUT2D eigenvalue weighted by Gasteiger charge is -2.13. The molecule has 2 nitrogen and oxygen atoms in total. The molecule has 18 heavy (non-hydrogen) atoms. The maximum Gasteiger partial charge on any atom is 0.123 e. The minimum atomic E-state index is -0.196. The molecular formula is C15H19FN2. The highest BCUT2D eigenvalue weighted by molar-refractivity contribution is 5.20. The number of benzene rings is 1. The third-order valence-corrected chi connectivity index (χ3v) is 3.13. The number of rotatable bonds is 4. The van der Waals surface area contributed by atoms with E-state index < -0.39 is 0 Å². The lowest BCUT2D eigenvalue weighted by Crippen LogP contribution is -2.15. The van der Waals surface area contributed by atoms with Gasteiger partial charge in [-0.05, 0) is 35.2 Å². The molecular weight excluding hydrogens is 227 g/mol. The van der Waals surface area contributed by atoms with Crippen LogP contribution in [0.2, 0.25) is 0 Å². The van der Waals surface area contributed by atoms with Crippen LogP contribution in [0.1, 0.15) is 31.0 Å². The Bertz CT molecular complexity index is 517. The Kier molecular flexibility index (Phi) is 3.82. The zero-order chi connectivity index (χ0) is 13.1. The largest absolute Gasteiger partial charge is 0.350 e. The molecule has 0 fully saturated rings. The molecule has 0 saturated heterocycles. The highest BCUT2D eigenvalue weighted by Crippen LogP contribution is 2.19. The third-order valence-electron chi connectivity index (χ3n) is 3.13. The molecule has 2 N–H and O–H groups in total. The number of nitrogens with two attached hydrogens (primary N) is 1. The van der Waals surface area contributed by atoms with Crippen molar-refractivity contribution in [2.45, 2.75) is 26.4 Å². The van der Waals surface area contributed by atoms with E-state index in [1.165, 1.54) is 6.07 Å². The molecule has 3 heteroatoms. The van der Waals surface area contributed by atoms with E-state index >= 15 is 0 Å². The molecule has 0 spiro atoms. The summed E-state index contributed by atoms with van der Waals surface area (Å²) in [6.07, 6.45) is 4.03. The van der Waals surface area contributed by atoms with Crippen molar-refractivity contribution in [3.63, 3.8) is 0 Å². The molecule has 0 aliphatic carbocycles. The zero-order valence-electron chi connectivity index (χ0n) is 10.8. The molecule has 1 aromatic carbocycles. The van der Waals surface area contributed by atoms with Crippen LogP contribution in [0.25, 0.3) is 0 Å². The Balaban J connectivity index is 2.11. The van der Waals surface area contributed by atoms with Gasteiger partial charge in [0.05, 0.1) is 0 Å². The average Bonchev–Trinajstić information content (AvgIpc) is 2.76. The smallest absolute Gasteiger partial charge is 0.123 e. The summed E-state index contributed by atoms with van der Waals surface area (Å²) >= 11 is 0. The fourth-order valence-corrected chi connectivity index (χ4v) is 1.99. The minimum Gasteiger partial charge on any atom is -0.350 e. The molecule has 2 rings (SSSR count). The first kappa shape index (κ1) is 12.8. The van der Waals surface area contributed by atoms with Gasteiger partial charge in [0.15, 0.2) is 0 Å². The first-order valence-electron chi connectivity index (χ1n) is 6.22. The van der Waals surface area contributed by atoms with Crippen LogP contribution in [-0.2, 0) is 6.54 Å². The Morgan fingerprint density at radius 2 is 2.06 bits per heavy atom. The number of nitrogens with zero attached hydrogens (tertiary/aromatic N) is 1. The van der Waals surface area contributed by atoms with Gasteiger partial charge in [-0.15, -0.1) is 0 Å².